The van der Waals surface area contributed by atoms with Crippen LogP contribution in [-0.4, -0.2) is 34.0 Å². The molecule has 2 aromatic carbocycles. The fraction of sp³-hybridized carbons (Fsp3) is 0.348. The molecule has 7 heteroatoms. The Morgan fingerprint density at radius 1 is 1.23 bits per heavy atom. The molecule has 1 fully saturated rings. The van der Waals surface area contributed by atoms with Crippen molar-refractivity contribution in [2.75, 3.05) is 13.1 Å². The van der Waals surface area contributed by atoms with E-state index in [-0.39, 0.29) is 24.3 Å². The van der Waals surface area contributed by atoms with Gasteiger partial charge in [0.2, 0.25) is 17.6 Å². The zero-order valence-electron chi connectivity index (χ0n) is 17.0. The molecule has 0 radical (unpaired) electrons. The van der Waals surface area contributed by atoms with E-state index in [1.54, 1.807) is 12.1 Å². The van der Waals surface area contributed by atoms with Crippen LogP contribution in [0.25, 0.3) is 11.4 Å². The van der Waals surface area contributed by atoms with E-state index < -0.39 is 0 Å². The Morgan fingerprint density at radius 2 is 2.07 bits per heavy atom. The summed E-state index contributed by atoms with van der Waals surface area (Å²) in [5, 5.41) is 7.01. The molecule has 1 atom stereocenters. The summed E-state index contributed by atoms with van der Waals surface area (Å²) in [5.74, 6) is 0.454. The van der Waals surface area contributed by atoms with Crippen LogP contribution < -0.4 is 5.32 Å². The highest BCUT2D eigenvalue weighted by Crippen LogP contribution is 2.30. The predicted molar refractivity (Wildman–Crippen MR) is 111 cm³/mol. The number of aryl methyl sites for hydroxylation is 1. The van der Waals surface area contributed by atoms with Gasteiger partial charge in [0.1, 0.15) is 5.82 Å². The molecular weight excluding hydrogens is 383 g/mol. The number of benzene rings is 2. The summed E-state index contributed by atoms with van der Waals surface area (Å²) >= 11 is 0. The summed E-state index contributed by atoms with van der Waals surface area (Å²) in [6.07, 6.45) is 2.90. The van der Waals surface area contributed by atoms with Crippen LogP contribution in [0.1, 0.15) is 42.3 Å². The van der Waals surface area contributed by atoms with E-state index in [0.717, 1.165) is 31.4 Å². The SMILES string of the molecule is Cc1ccc(CNC(=O)CN2CCCC[C@H]2c2nc(-c3cccc(F)c3)no2)cc1. The summed E-state index contributed by atoms with van der Waals surface area (Å²) in [6, 6.07) is 14.1. The molecule has 1 aromatic heterocycles. The monoisotopic (exact) mass is 408 g/mol. The lowest BCUT2D eigenvalue weighted by Crippen LogP contribution is -2.41. The highest BCUT2D eigenvalue weighted by Gasteiger charge is 2.30. The second-order valence-electron chi connectivity index (χ2n) is 7.71. The minimum absolute atomic E-state index is 0.0349. The molecule has 156 valence electrons. The van der Waals surface area contributed by atoms with Gasteiger partial charge in [0.05, 0.1) is 12.6 Å². The number of piperidine rings is 1. The lowest BCUT2D eigenvalue weighted by Gasteiger charge is -2.32. The van der Waals surface area contributed by atoms with E-state index in [9.17, 15) is 9.18 Å². The van der Waals surface area contributed by atoms with E-state index >= 15 is 0 Å². The van der Waals surface area contributed by atoms with E-state index in [2.05, 4.69) is 20.4 Å². The number of rotatable bonds is 6. The molecule has 6 nitrogen and oxygen atoms in total. The van der Waals surface area contributed by atoms with Crippen molar-refractivity contribution in [3.63, 3.8) is 0 Å². The number of hydrogen-bond donors (Lipinski definition) is 1. The minimum atomic E-state index is -0.344. The van der Waals surface area contributed by atoms with Crippen LogP contribution >= 0.6 is 0 Å². The number of carbonyl (C=O) groups excluding carboxylic acids is 1. The lowest BCUT2D eigenvalue weighted by atomic mass is 10.0. The van der Waals surface area contributed by atoms with E-state index in [1.165, 1.54) is 17.7 Å². The van der Waals surface area contributed by atoms with Gasteiger partial charge in [0.25, 0.3) is 0 Å². The molecular formula is C23H25FN4O2. The quantitative estimate of drug-likeness (QED) is 0.667. The second kappa shape index (κ2) is 9.17. The third kappa shape index (κ3) is 4.91. The van der Waals surface area contributed by atoms with Crippen molar-refractivity contribution in [3.05, 3.63) is 71.4 Å². The Bertz CT molecular complexity index is 1000. The molecule has 1 amide bonds. The largest absolute Gasteiger partial charge is 0.351 e. The number of likely N-dealkylation sites (tertiary alicyclic amines) is 1. The number of carbonyl (C=O) groups is 1. The average Bonchev–Trinajstić information content (AvgIpc) is 3.24. The topological polar surface area (TPSA) is 71.3 Å². The Morgan fingerprint density at radius 3 is 2.87 bits per heavy atom. The van der Waals surface area contributed by atoms with Gasteiger partial charge in [0, 0.05) is 12.1 Å². The molecule has 0 saturated carbocycles. The lowest BCUT2D eigenvalue weighted by molar-refractivity contribution is -0.123. The first kappa shape index (κ1) is 20.2. The van der Waals surface area contributed by atoms with Crippen molar-refractivity contribution in [3.8, 4) is 11.4 Å². The first-order valence-electron chi connectivity index (χ1n) is 10.2. The van der Waals surface area contributed by atoms with E-state index in [0.29, 0.717) is 23.8 Å². The van der Waals surface area contributed by atoms with Gasteiger partial charge < -0.3 is 9.84 Å². The fourth-order valence-electron chi connectivity index (χ4n) is 3.72. The smallest absolute Gasteiger partial charge is 0.244 e. The summed E-state index contributed by atoms with van der Waals surface area (Å²) in [6.45, 7) is 3.60. The second-order valence-corrected chi connectivity index (χ2v) is 7.71. The van der Waals surface area contributed by atoms with Crippen LogP contribution in [0.5, 0.6) is 0 Å². The zero-order chi connectivity index (χ0) is 20.9. The normalized spacial score (nSPS) is 17.1. The number of nitrogens with zero attached hydrogens (tertiary/aromatic N) is 3. The van der Waals surface area contributed by atoms with Crippen molar-refractivity contribution in [1.29, 1.82) is 0 Å². The Labute approximate surface area is 175 Å². The number of nitrogens with one attached hydrogen (secondary N) is 1. The van der Waals surface area contributed by atoms with Gasteiger partial charge in [-0.2, -0.15) is 4.98 Å². The predicted octanol–water partition coefficient (Wildman–Crippen LogP) is 4.03. The third-order valence-electron chi connectivity index (χ3n) is 5.38. The zero-order valence-corrected chi connectivity index (χ0v) is 17.0. The molecule has 0 aliphatic carbocycles. The molecule has 4 rings (SSSR count). The minimum Gasteiger partial charge on any atom is -0.351 e. The molecule has 0 spiro atoms. The van der Waals surface area contributed by atoms with Gasteiger partial charge in [-0.3, -0.25) is 9.69 Å². The van der Waals surface area contributed by atoms with Crippen molar-refractivity contribution in [2.24, 2.45) is 0 Å². The van der Waals surface area contributed by atoms with Gasteiger partial charge in [-0.05, 0) is 44.0 Å². The van der Waals surface area contributed by atoms with Crippen molar-refractivity contribution >= 4 is 5.91 Å². The number of aromatic nitrogens is 2. The van der Waals surface area contributed by atoms with Gasteiger partial charge in [-0.15, -0.1) is 0 Å². The molecule has 1 aliphatic rings. The van der Waals surface area contributed by atoms with Crippen LogP contribution in [0.3, 0.4) is 0 Å². The van der Waals surface area contributed by atoms with Crippen molar-refractivity contribution in [1.82, 2.24) is 20.4 Å². The summed E-state index contributed by atoms with van der Waals surface area (Å²) in [5.41, 5.74) is 2.84. The first-order valence-corrected chi connectivity index (χ1v) is 10.2. The molecule has 1 saturated heterocycles. The average molecular weight is 408 g/mol. The fourth-order valence-corrected chi connectivity index (χ4v) is 3.72. The van der Waals surface area contributed by atoms with Crippen molar-refractivity contribution in [2.45, 2.75) is 38.8 Å². The van der Waals surface area contributed by atoms with Crippen LogP contribution in [0, 0.1) is 12.7 Å². The van der Waals surface area contributed by atoms with Crippen LogP contribution in [0.15, 0.2) is 53.1 Å². The van der Waals surface area contributed by atoms with Gasteiger partial charge in [0.15, 0.2) is 0 Å². The maximum atomic E-state index is 13.5. The van der Waals surface area contributed by atoms with Gasteiger partial charge >= 0.3 is 0 Å². The van der Waals surface area contributed by atoms with E-state index in [1.807, 2.05) is 31.2 Å². The van der Waals surface area contributed by atoms with Gasteiger partial charge in [-0.1, -0.05) is 53.5 Å². The maximum absolute atomic E-state index is 13.5. The summed E-state index contributed by atoms with van der Waals surface area (Å²) in [4.78, 5) is 19.1. The Kier molecular flexibility index (Phi) is 6.18. The molecule has 3 aromatic rings. The molecule has 0 bridgehead atoms. The standard InChI is InChI=1S/C23H25FN4O2/c1-16-8-10-17(11-9-16)14-25-21(29)15-28-12-3-2-7-20(28)23-26-22(27-30-23)18-5-4-6-19(24)13-18/h4-6,8-11,13,20H,2-3,7,12,14-15H2,1H3,(H,25,29)/t20-/m0/s1. The highest BCUT2D eigenvalue weighted by molar-refractivity contribution is 5.78. The van der Waals surface area contributed by atoms with Crippen molar-refractivity contribution < 1.29 is 13.7 Å². The first-order chi connectivity index (χ1) is 14.6. The van der Waals surface area contributed by atoms with Crippen LogP contribution in [0.2, 0.25) is 0 Å². The molecule has 0 unspecified atom stereocenters. The molecule has 30 heavy (non-hydrogen) atoms. The molecule has 1 N–H and O–H groups in total. The molecule has 2 heterocycles. The Balaban J connectivity index is 1.40. The highest BCUT2D eigenvalue weighted by atomic mass is 19.1. The summed E-state index contributed by atoms with van der Waals surface area (Å²) < 4.78 is 19.0. The van der Waals surface area contributed by atoms with E-state index in [4.69, 9.17) is 4.52 Å². The number of amides is 1. The Hall–Kier alpha value is -3.06. The third-order valence-corrected chi connectivity index (χ3v) is 5.38. The van der Waals surface area contributed by atoms with Crippen LogP contribution in [-0.2, 0) is 11.3 Å². The van der Waals surface area contributed by atoms with Crippen LogP contribution in [0.4, 0.5) is 4.39 Å². The summed E-state index contributed by atoms with van der Waals surface area (Å²) in [7, 11) is 0. The maximum Gasteiger partial charge on any atom is 0.244 e. The number of hydrogen-bond acceptors (Lipinski definition) is 5. The van der Waals surface area contributed by atoms with Gasteiger partial charge in [-0.25, -0.2) is 4.39 Å². The number of halogens is 1. The molecule has 1 aliphatic heterocycles.